The molecule has 1 N–H and O–H groups in total. The molecule has 1 saturated heterocycles. The fourth-order valence-corrected chi connectivity index (χ4v) is 3.24. The Morgan fingerprint density at radius 2 is 2.04 bits per heavy atom. The van der Waals surface area contributed by atoms with Gasteiger partial charge in [0.05, 0.1) is 5.92 Å². The number of carbonyl (C=O) groups is 2. The van der Waals surface area contributed by atoms with Crippen molar-refractivity contribution in [3.05, 3.63) is 60.5 Å². The molecule has 1 fully saturated rings. The number of nitrogens with zero attached hydrogens (tertiary/aromatic N) is 3. The monoisotopic (exact) mass is 376 g/mol. The summed E-state index contributed by atoms with van der Waals surface area (Å²) >= 11 is 0. The molecular formula is C21H20N4O3. The van der Waals surface area contributed by atoms with E-state index in [0.717, 1.165) is 11.3 Å². The number of carbonyl (C=O) groups excluding carboxylic acids is 2. The van der Waals surface area contributed by atoms with Gasteiger partial charge in [0.2, 0.25) is 23.5 Å². The summed E-state index contributed by atoms with van der Waals surface area (Å²) < 4.78 is 5.14. The maximum Gasteiger partial charge on any atom is 0.229 e. The Morgan fingerprint density at radius 1 is 1.21 bits per heavy atom. The molecule has 4 rings (SSSR count). The van der Waals surface area contributed by atoms with Gasteiger partial charge in [-0.15, -0.1) is 0 Å². The molecule has 0 bridgehead atoms. The third-order valence-electron chi connectivity index (χ3n) is 4.72. The van der Waals surface area contributed by atoms with Gasteiger partial charge in [0.1, 0.15) is 0 Å². The number of aromatic nitrogens is 2. The number of para-hydroxylation sites is 1. The van der Waals surface area contributed by atoms with E-state index in [-0.39, 0.29) is 18.2 Å². The zero-order chi connectivity index (χ0) is 19.5. The van der Waals surface area contributed by atoms with Crippen LogP contribution >= 0.6 is 0 Å². The molecule has 2 heterocycles. The maximum atomic E-state index is 12.7. The molecule has 0 aliphatic carbocycles. The first kappa shape index (κ1) is 17.9. The van der Waals surface area contributed by atoms with Crippen molar-refractivity contribution < 1.29 is 14.1 Å². The number of hydrogen-bond donors (Lipinski definition) is 1. The van der Waals surface area contributed by atoms with Crippen LogP contribution in [0.2, 0.25) is 0 Å². The molecule has 2 aromatic carbocycles. The molecule has 2 amide bonds. The normalized spacial score (nSPS) is 16.4. The number of nitrogens with one attached hydrogen (secondary N) is 1. The molecule has 7 nitrogen and oxygen atoms in total. The van der Waals surface area contributed by atoms with Crippen LogP contribution in [-0.4, -0.2) is 28.5 Å². The quantitative estimate of drug-likeness (QED) is 0.738. The molecule has 1 aromatic heterocycles. The minimum Gasteiger partial charge on any atom is -0.339 e. The Balaban J connectivity index is 1.45. The Bertz CT molecular complexity index is 1000. The van der Waals surface area contributed by atoms with E-state index in [0.29, 0.717) is 30.4 Å². The summed E-state index contributed by atoms with van der Waals surface area (Å²) in [5, 5.41) is 6.86. The molecular weight excluding hydrogens is 356 g/mol. The van der Waals surface area contributed by atoms with E-state index in [9.17, 15) is 9.59 Å². The Hall–Kier alpha value is -3.48. The van der Waals surface area contributed by atoms with Crippen LogP contribution in [0.4, 0.5) is 11.4 Å². The summed E-state index contributed by atoms with van der Waals surface area (Å²) in [4.78, 5) is 31.0. The number of rotatable bonds is 5. The van der Waals surface area contributed by atoms with Gasteiger partial charge in [-0.2, -0.15) is 4.98 Å². The molecule has 0 saturated carbocycles. The summed E-state index contributed by atoms with van der Waals surface area (Å²) in [5.41, 5.74) is 2.21. The van der Waals surface area contributed by atoms with Crippen molar-refractivity contribution in [2.24, 2.45) is 5.92 Å². The second-order valence-corrected chi connectivity index (χ2v) is 6.68. The van der Waals surface area contributed by atoms with Gasteiger partial charge in [-0.05, 0) is 24.3 Å². The van der Waals surface area contributed by atoms with Crippen LogP contribution in [0.1, 0.15) is 19.2 Å². The average Bonchev–Trinajstić information content (AvgIpc) is 3.36. The Kier molecular flexibility index (Phi) is 4.89. The molecule has 0 spiro atoms. The van der Waals surface area contributed by atoms with Crippen LogP contribution in [0.5, 0.6) is 0 Å². The summed E-state index contributed by atoms with van der Waals surface area (Å²) in [6, 6.07) is 16.7. The molecule has 1 unspecified atom stereocenters. The number of anilines is 2. The molecule has 1 atom stereocenters. The third kappa shape index (κ3) is 3.64. The Morgan fingerprint density at radius 3 is 2.79 bits per heavy atom. The van der Waals surface area contributed by atoms with Crippen LogP contribution in [0.15, 0.2) is 59.1 Å². The molecule has 28 heavy (non-hydrogen) atoms. The number of amides is 2. The van der Waals surface area contributed by atoms with E-state index < -0.39 is 5.92 Å². The summed E-state index contributed by atoms with van der Waals surface area (Å²) in [5.74, 6) is 0.438. The largest absolute Gasteiger partial charge is 0.339 e. The van der Waals surface area contributed by atoms with Crippen molar-refractivity contribution in [1.82, 2.24) is 10.1 Å². The molecule has 0 radical (unpaired) electrons. The second-order valence-electron chi connectivity index (χ2n) is 6.68. The molecule has 3 aromatic rings. The lowest BCUT2D eigenvalue weighted by atomic mass is 10.1. The van der Waals surface area contributed by atoms with E-state index in [1.54, 1.807) is 17.0 Å². The van der Waals surface area contributed by atoms with Gasteiger partial charge in [0, 0.05) is 36.3 Å². The van der Waals surface area contributed by atoms with Crippen molar-refractivity contribution in [1.29, 1.82) is 0 Å². The van der Waals surface area contributed by atoms with Crippen molar-refractivity contribution in [3.63, 3.8) is 0 Å². The first-order chi connectivity index (χ1) is 13.6. The zero-order valence-electron chi connectivity index (χ0n) is 15.5. The lowest BCUT2D eigenvalue weighted by Crippen LogP contribution is -2.28. The van der Waals surface area contributed by atoms with E-state index in [1.165, 1.54) is 0 Å². The second kappa shape index (κ2) is 7.64. The van der Waals surface area contributed by atoms with E-state index in [1.807, 2.05) is 49.4 Å². The van der Waals surface area contributed by atoms with Gasteiger partial charge in [0.25, 0.3) is 0 Å². The summed E-state index contributed by atoms with van der Waals surface area (Å²) in [7, 11) is 0. The lowest BCUT2D eigenvalue weighted by molar-refractivity contribution is -0.122. The van der Waals surface area contributed by atoms with Crippen molar-refractivity contribution in [2.45, 2.75) is 19.8 Å². The third-order valence-corrected chi connectivity index (χ3v) is 4.72. The number of hydrogen-bond acceptors (Lipinski definition) is 5. The number of aryl methyl sites for hydroxylation is 1. The lowest BCUT2D eigenvalue weighted by Gasteiger charge is -2.16. The van der Waals surface area contributed by atoms with Crippen molar-refractivity contribution >= 4 is 23.2 Å². The topological polar surface area (TPSA) is 88.3 Å². The van der Waals surface area contributed by atoms with Gasteiger partial charge in [0.15, 0.2) is 0 Å². The fourth-order valence-electron chi connectivity index (χ4n) is 3.24. The van der Waals surface area contributed by atoms with Crippen LogP contribution in [0.25, 0.3) is 11.4 Å². The smallest absolute Gasteiger partial charge is 0.229 e. The predicted octanol–water partition coefficient (Wildman–Crippen LogP) is 3.29. The van der Waals surface area contributed by atoms with Gasteiger partial charge in [-0.3, -0.25) is 9.59 Å². The number of benzene rings is 2. The summed E-state index contributed by atoms with van der Waals surface area (Å²) in [6.45, 7) is 2.31. The van der Waals surface area contributed by atoms with Crippen LogP contribution < -0.4 is 10.2 Å². The van der Waals surface area contributed by atoms with Crippen molar-refractivity contribution in [2.75, 3.05) is 16.8 Å². The molecule has 7 heteroatoms. The minimum atomic E-state index is -0.395. The highest BCUT2D eigenvalue weighted by molar-refractivity contribution is 6.03. The predicted molar refractivity (Wildman–Crippen MR) is 105 cm³/mol. The molecule has 1 aliphatic rings. The van der Waals surface area contributed by atoms with E-state index >= 15 is 0 Å². The average molecular weight is 376 g/mol. The van der Waals surface area contributed by atoms with Gasteiger partial charge >= 0.3 is 0 Å². The van der Waals surface area contributed by atoms with E-state index in [2.05, 4.69) is 15.5 Å². The standard InChI is InChI=1S/C21H20N4O3/c1-2-18-23-20(24-28-18)14-7-6-8-16(11-14)22-21(27)15-12-19(26)25(13-15)17-9-4-3-5-10-17/h3-11,15H,2,12-13H2,1H3,(H,22,27). The molecule has 1 aliphatic heterocycles. The van der Waals surface area contributed by atoms with Gasteiger partial charge in [-0.1, -0.05) is 42.4 Å². The Labute approximate surface area is 162 Å². The maximum absolute atomic E-state index is 12.7. The first-order valence-electron chi connectivity index (χ1n) is 9.23. The van der Waals surface area contributed by atoms with Gasteiger partial charge in [-0.25, -0.2) is 0 Å². The molecule has 142 valence electrons. The van der Waals surface area contributed by atoms with E-state index in [4.69, 9.17) is 4.52 Å². The minimum absolute atomic E-state index is 0.0426. The SMILES string of the molecule is CCc1nc(-c2cccc(NC(=O)C3CC(=O)N(c4ccccc4)C3)c2)no1. The highest BCUT2D eigenvalue weighted by Gasteiger charge is 2.35. The summed E-state index contributed by atoms with van der Waals surface area (Å²) in [6.07, 6.45) is 0.863. The van der Waals surface area contributed by atoms with Crippen LogP contribution in [-0.2, 0) is 16.0 Å². The zero-order valence-corrected chi connectivity index (χ0v) is 15.5. The van der Waals surface area contributed by atoms with Crippen molar-refractivity contribution in [3.8, 4) is 11.4 Å². The highest BCUT2D eigenvalue weighted by atomic mass is 16.5. The highest BCUT2D eigenvalue weighted by Crippen LogP contribution is 2.26. The fraction of sp³-hybridized carbons (Fsp3) is 0.238. The van der Waals surface area contributed by atoms with Gasteiger partial charge < -0.3 is 14.7 Å². The van der Waals surface area contributed by atoms with Crippen LogP contribution in [0.3, 0.4) is 0 Å². The van der Waals surface area contributed by atoms with Crippen LogP contribution in [0, 0.1) is 5.92 Å². The first-order valence-corrected chi connectivity index (χ1v) is 9.23.